The SMILES string of the molecule is C[C@@H]1C[C@@H](C)CCCN(C)C1. The van der Waals surface area contributed by atoms with Gasteiger partial charge in [0.2, 0.25) is 0 Å². The Morgan fingerprint density at radius 2 is 1.91 bits per heavy atom. The molecule has 0 aliphatic carbocycles. The number of likely N-dealkylation sites (tertiary alicyclic amines) is 1. The molecule has 1 aliphatic heterocycles. The van der Waals surface area contributed by atoms with Crippen molar-refractivity contribution in [3.8, 4) is 0 Å². The Bertz CT molecular complexity index is 99.4. The van der Waals surface area contributed by atoms with Crippen molar-refractivity contribution in [1.29, 1.82) is 0 Å². The normalized spacial score (nSPS) is 36.3. The third-order valence-corrected chi connectivity index (χ3v) is 2.66. The molecule has 1 heterocycles. The molecule has 1 heteroatoms. The van der Waals surface area contributed by atoms with Crippen molar-refractivity contribution in [2.75, 3.05) is 20.1 Å². The lowest BCUT2D eigenvalue weighted by molar-refractivity contribution is 0.221. The molecule has 1 fully saturated rings. The fraction of sp³-hybridized carbons (Fsp3) is 1.00. The molecule has 11 heavy (non-hydrogen) atoms. The second kappa shape index (κ2) is 4.10. The standard InChI is InChI=1S/C10H21N/c1-9-5-4-6-11(3)8-10(2)7-9/h9-10H,4-8H2,1-3H3/t9-,10+/m0/s1. The maximum Gasteiger partial charge on any atom is 0.000407 e. The van der Waals surface area contributed by atoms with E-state index in [4.69, 9.17) is 0 Å². The molecule has 1 rings (SSSR count). The predicted octanol–water partition coefficient (Wildman–Crippen LogP) is 2.37. The minimum absolute atomic E-state index is 0.898. The molecule has 0 amide bonds. The van der Waals surface area contributed by atoms with E-state index in [9.17, 15) is 0 Å². The summed E-state index contributed by atoms with van der Waals surface area (Å²) in [5.41, 5.74) is 0. The average molecular weight is 155 g/mol. The fourth-order valence-corrected chi connectivity index (χ4v) is 2.21. The molecule has 66 valence electrons. The number of hydrogen-bond acceptors (Lipinski definition) is 1. The maximum absolute atomic E-state index is 2.47. The first-order valence-electron chi connectivity index (χ1n) is 4.87. The summed E-state index contributed by atoms with van der Waals surface area (Å²) in [6, 6.07) is 0. The van der Waals surface area contributed by atoms with Gasteiger partial charge in [0.15, 0.2) is 0 Å². The highest BCUT2D eigenvalue weighted by Gasteiger charge is 2.14. The first-order valence-corrected chi connectivity index (χ1v) is 4.87. The molecule has 0 radical (unpaired) electrons. The van der Waals surface area contributed by atoms with Gasteiger partial charge in [-0.15, -0.1) is 0 Å². The quantitative estimate of drug-likeness (QED) is 0.519. The second-order valence-electron chi connectivity index (χ2n) is 4.35. The molecule has 0 bridgehead atoms. The van der Waals surface area contributed by atoms with Gasteiger partial charge in [-0.2, -0.15) is 0 Å². The largest absolute Gasteiger partial charge is 0.306 e. The summed E-state index contributed by atoms with van der Waals surface area (Å²) in [5, 5.41) is 0. The van der Waals surface area contributed by atoms with Gasteiger partial charge in [-0.05, 0) is 44.7 Å². The monoisotopic (exact) mass is 155 g/mol. The average Bonchev–Trinajstić information content (AvgIpc) is 1.83. The second-order valence-corrected chi connectivity index (χ2v) is 4.35. The third-order valence-electron chi connectivity index (χ3n) is 2.66. The van der Waals surface area contributed by atoms with Crippen molar-refractivity contribution >= 4 is 0 Å². The molecule has 0 unspecified atom stereocenters. The molecule has 1 aliphatic rings. The van der Waals surface area contributed by atoms with Crippen LogP contribution >= 0.6 is 0 Å². The molecule has 0 aromatic carbocycles. The van der Waals surface area contributed by atoms with Crippen LogP contribution in [0.2, 0.25) is 0 Å². The minimum atomic E-state index is 0.898. The minimum Gasteiger partial charge on any atom is -0.306 e. The summed E-state index contributed by atoms with van der Waals surface area (Å²) in [6.45, 7) is 7.36. The zero-order chi connectivity index (χ0) is 8.27. The van der Waals surface area contributed by atoms with Crippen molar-refractivity contribution in [3.05, 3.63) is 0 Å². The number of rotatable bonds is 0. The topological polar surface area (TPSA) is 3.24 Å². The molecule has 0 saturated carbocycles. The van der Waals surface area contributed by atoms with E-state index in [1.54, 1.807) is 0 Å². The van der Waals surface area contributed by atoms with Crippen LogP contribution in [-0.4, -0.2) is 25.0 Å². The maximum atomic E-state index is 2.47. The highest BCUT2D eigenvalue weighted by atomic mass is 15.1. The summed E-state index contributed by atoms with van der Waals surface area (Å²) >= 11 is 0. The Morgan fingerprint density at radius 3 is 2.64 bits per heavy atom. The Labute approximate surface area is 70.8 Å². The molecule has 1 saturated heterocycles. The zero-order valence-corrected chi connectivity index (χ0v) is 8.14. The van der Waals surface area contributed by atoms with Gasteiger partial charge in [0.05, 0.1) is 0 Å². The molecule has 2 atom stereocenters. The molecule has 0 N–H and O–H groups in total. The van der Waals surface area contributed by atoms with E-state index in [2.05, 4.69) is 25.8 Å². The van der Waals surface area contributed by atoms with Crippen LogP contribution in [0.3, 0.4) is 0 Å². The molecule has 0 aromatic rings. The van der Waals surface area contributed by atoms with Crippen LogP contribution < -0.4 is 0 Å². The molecule has 0 aromatic heterocycles. The molecule has 0 spiro atoms. The lowest BCUT2D eigenvalue weighted by Crippen LogP contribution is -2.28. The summed E-state index contributed by atoms with van der Waals surface area (Å²) in [4.78, 5) is 2.47. The van der Waals surface area contributed by atoms with Crippen molar-refractivity contribution < 1.29 is 0 Å². The van der Waals surface area contributed by atoms with Crippen molar-refractivity contribution in [1.82, 2.24) is 4.90 Å². The lowest BCUT2D eigenvalue weighted by atomic mass is 9.91. The van der Waals surface area contributed by atoms with Gasteiger partial charge >= 0.3 is 0 Å². The van der Waals surface area contributed by atoms with Gasteiger partial charge < -0.3 is 4.90 Å². The number of hydrogen-bond donors (Lipinski definition) is 0. The summed E-state index contributed by atoms with van der Waals surface area (Å²) in [7, 11) is 2.24. The Hall–Kier alpha value is -0.0400. The van der Waals surface area contributed by atoms with Crippen molar-refractivity contribution in [3.63, 3.8) is 0 Å². The first-order chi connectivity index (χ1) is 5.18. The lowest BCUT2D eigenvalue weighted by Gasteiger charge is -2.27. The molecule has 1 nitrogen and oxygen atoms in total. The molecular formula is C10H21N. The summed E-state index contributed by atoms with van der Waals surface area (Å²) in [5.74, 6) is 1.86. The summed E-state index contributed by atoms with van der Waals surface area (Å²) in [6.07, 6.45) is 4.24. The van der Waals surface area contributed by atoms with E-state index >= 15 is 0 Å². The summed E-state index contributed by atoms with van der Waals surface area (Å²) < 4.78 is 0. The Morgan fingerprint density at radius 1 is 1.18 bits per heavy atom. The van der Waals surface area contributed by atoms with Crippen LogP contribution in [0.25, 0.3) is 0 Å². The fourth-order valence-electron chi connectivity index (χ4n) is 2.21. The van der Waals surface area contributed by atoms with E-state index in [0.29, 0.717) is 0 Å². The first kappa shape index (κ1) is 9.05. The van der Waals surface area contributed by atoms with Crippen LogP contribution in [0, 0.1) is 11.8 Å². The van der Waals surface area contributed by atoms with E-state index in [1.807, 2.05) is 0 Å². The third kappa shape index (κ3) is 3.24. The van der Waals surface area contributed by atoms with Gasteiger partial charge in [-0.25, -0.2) is 0 Å². The van der Waals surface area contributed by atoms with Crippen molar-refractivity contribution in [2.45, 2.75) is 33.1 Å². The van der Waals surface area contributed by atoms with Gasteiger partial charge in [0, 0.05) is 6.54 Å². The van der Waals surface area contributed by atoms with Gasteiger partial charge in [-0.3, -0.25) is 0 Å². The van der Waals surface area contributed by atoms with Crippen LogP contribution in [0.1, 0.15) is 33.1 Å². The predicted molar refractivity (Wildman–Crippen MR) is 49.7 cm³/mol. The van der Waals surface area contributed by atoms with Crippen LogP contribution in [-0.2, 0) is 0 Å². The van der Waals surface area contributed by atoms with Gasteiger partial charge in [-0.1, -0.05) is 13.8 Å². The highest BCUT2D eigenvalue weighted by molar-refractivity contribution is 4.67. The number of nitrogens with zero attached hydrogens (tertiary/aromatic N) is 1. The van der Waals surface area contributed by atoms with Gasteiger partial charge in [0.1, 0.15) is 0 Å². The highest BCUT2D eigenvalue weighted by Crippen LogP contribution is 2.20. The van der Waals surface area contributed by atoms with E-state index in [0.717, 1.165) is 11.8 Å². The van der Waals surface area contributed by atoms with Crippen LogP contribution in [0.4, 0.5) is 0 Å². The van der Waals surface area contributed by atoms with E-state index < -0.39 is 0 Å². The Balaban J connectivity index is 2.34. The van der Waals surface area contributed by atoms with Crippen LogP contribution in [0.5, 0.6) is 0 Å². The van der Waals surface area contributed by atoms with Gasteiger partial charge in [0.25, 0.3) is 0 Å². The van der Waals surface area contributed by atoms with E-state index in [1.165, 1.54) is 32.4 Å². The smallest absolute Gasteiger partial charge is 0.000407 e. The molecular weight excluding hydrogens is 134 g/mol. The van der Waals surface area contributed by atoms with Crippen LogP contribution in [0.15, 0.2) is 0 Å². The van der Waals surface area contributed by atoms with Crippen molar-refractivity contribution in [2.24, 2.45) is 11.8 Å². The zero-order valence-electron chi connectivity index (χ0n) is 8.14. The Kier molecular flexibility index (Phi) is 3.38. The van der Waals surface area contributed by atoms with E-state index in [-0.39, 0.29) is 0 Å².